The number of rotatable bonds is 25. The molecule has 1 saturated heterocycles. The fourth-order valence-corrected chi connectivity index (χ4v) is 5.25. The second-order valence-electron chi connectivity index (χ2n) is 10.7. The number of nitrogens with zero attached hydrogens (tertiary/aromatic N) is 1. The van der Waals surface area contributed by atoms with Crippen LogP contribution in [0.4, 0.5) is 0 Å². The van der Waals surface area contributed by atoms with E-state index in [2.05, 4.69) is 18.7 Å². The van der Waals surface area contributed by atoms with E-state index in [0.717, 1.165) is 13.0 Å². The summed E-state index contributed by atoms with van der Waals surface area (Å²) in [4.78, 5) is 14.1. The lowest BCUT2D eigenvalue weighted by atomic mass is 9.94. The Morgan fingerprint density at radius 2 is 0.875 bits per heavy atom. The Hall–Kier alpha value is -0.530. The minimum absolute atomic E-state index is 0.414. The monoisotopic (exact) mass is 449 g/mol. The number of likely N-dealkylation sites (tertiary alicyclic amines) is 1. The van der Waals surface area contributed by atoms with Crippen LogP contribution in [-0.2, 0) is 4.79 Å². The molecule has 0 aromatic heterocycles. The molecule has 1 fully saturated rings. The van der Waals surface area contributed by atoms with Gasteiger partial charge in [0, 0.05) is 19.0 Å². The van der Waals surface area contributed by atoms with E-state index in [9.17, 15) is 4.79 Å². The van der Waals surface area contributed by atoms with E-state index >= 15 is 0 Å². The zero-order chi connectivity index (χ0) is 23.1. The van der Waals surface area contributed by atoms with Gasteiger partial charge in [0.15, 0.2) is 0 Å². The van der Waals surface area contributed by atoms with Crippen LogP contribution in [0.15, 0.2) is 0 Å². The van der Waals surface area contributed by atoms with Gasteiger partial charge in [0.2, 0.25) is 5.91 Å². The standard InChI is InChI=1S/C30H59NO/c1-3-5-7-9-11-12-13-14-15-16-17-18-19-20-22-24-26-29-28-30(32)31(29)27-25-23-21-10-8-6-4-2/h29H,3-28H2,1-2H3. The zero-order valence-electron chi connectivity index (χ0n) is 22.3. The van der Waals surface area contributed by atoms with Gasteiger partial charge in [-0.3, -0.25) is 4.79 Å². The highest BCUT2D eigenvalue weighted by molar-refractivity contribution is 5.83. The predicted octanol–water partition coefficient (Wildman–Crippen LogP) is 9.99. The summed E-state index contributed by atoms with van der Waals surface area (Å²) >= 11 is 0. The third kappa shape index (κ3) is 16.1. The van der Waals surface area contributed by atoms with Gasteiger partial charge in [-0.05, 0) is 12.8 Å². The average molecular weight is 450 g/mol. The highest BCUT2D eigenvalue weighted by atomic mass is 16.2. The minimum atomic E-state index is 0.414. The van der Waals surface area contributed by atoms with Crippen LogP contribution in [0.25, 0.3) is 0 Å². The van der Waals surface area contributed by atoms with Gasteiger partial charge in [-0.25, -0.2) is 0 Å². The third-order valence-electron chi connectivity index (χ3n) is 7.56. The Labute approximate surface area is 202 Å². The van der Waals surface area contributed by atoms with Gasteiger partial charge in [0.05, 0.1) is 0 Å². The Bertz CT molecular complexity index is 408. The SMILES string of the molecule is CCCCCCCCCCCCCCCCCCC1CC(=O)N1CCCCCCCCC. The van der Waals surface area contributed by atoms with Gasteiger partial charge in [-0.1, -0.05) is 155 Å². The fraction of sp³-hybridized carbons (Fsp3) is 0.967. The number of amides is 1. The van der Waals surface area contributed by atoms with Gasteiger partial charge >= 0.3 is 0 Å². The number of β-lactam (4-membered cyclic amide) rings is 1. The molecule has 0 aliphatic carbocycles. The van der Waals surface area contributed by atoms with Crippen LogP contribution in [0.2, 0.25) is 0 Å². The molecule has 1 heterocycles. The second-order valence-corrected chi connectivity index (χ2v) is 10.7. The smallest absolute Gasteiger partial charge is 0.224 e. The van der Waals surface area contributed by atoms with E-state index in [-0.39, 0.29) is 0 Å². The van der Waals surface area contributed by atoms with Crippen LogP contribution in [0.3, 0.4) is 0 Å². The summed E-state index contributed by atoms with van der Waals surface area (Å²) in [6, 6.07) is 0.578. The Morgan fingerprint density at radius 1 is 0.531 bits per heavy atom. The van der Waals surface area contributed by atoms with Crippen molar-refractivity contribution in [2.75, 3.05) is 6.54 Å². The molecule has 0 radical (unpaired) electrons. The summed E-state index contributed by atoms with van der Waals surface area (Å²) < 4.78 is 0. The number of unbranched alkanes of at least 4 members (excludes halogenated alkanes) is 21. The lowest BCUT2D eigenvalue weighted by Crippen LogP contribution is -2.52. The molecule has 190 valence electrons. The maximum absolute atomic E-state index is 11.9. The molecule has 0 N–H and O–H groups in total. The molecule has 2 nitrogen and oxygen atoms in total. The lowest BCUT2D eigenvalue weighted by molar-refractivity contribution is -0.146. The van der Waals surface area contributed by atoms with Crippen LogP contribution in [0.1, 0.15) is 174 Å². The van der Waals surface area contributed by atoms with Crippen molar-refractivity contribution < 1.29 is 4.79 Å². The molecule has 0 bridgehead atoms. The van der Waals surface area contributed by atoms with Gasteiger partial charge in [0.25, 0.3) is 0 Å². The first-order chi connectivity index (χ1) is 15.8. The molecule has 1 rings (SSSR count). The molecule has 0 aromatic carbocycles. The van der Waals surface area contributed by atoms with Crippen molar-refractivity contribution in [1.29, 1.82) is 0 Å². The first-order valence-electron chi connectivity index (χ1n) is 15.1. The number of carbonyl (C=O) groups excluding carboxylic acids is 1. The molecule has 2 heteroatoms. The molecule has 32 heavy (non-hydrogen) atoms. The fourth-order valence-electron chi connectivity index (χ4n) is 5.25. The van der Waals surface area contributed by atoms with Crippen LogP contribution in [-0.4, -0.2) is 23.4 Å². The molecule has 0 saturated carbocycles. The topological polar surface area (TPSA) is 20.3 Å². The van der Waals surface area contributed by atoms with E-state index in [0.29, 0.717) is 11.9 Å². The molecule has 1 atom stereocenters. The maximum Gasteiger partial charge on any atom is 0.224 e. The first-order valence-corrected chi connectivity index (χ1v) is 15.1. The molecular formula is C30H59NO. The highest BCUT2D eigenvalue weighted by Gasteiger charge is 2.34. The first kappa shape index (κ1) is 29.5. The highest BCUT2D eigenvalue weighted by Crippen LogP contribution is 2.25. The molecule has 1 amide bonds. The van der Waals surface area contributed by atoms with Crippen LogP contribution in [0, 0.1) is 0 Å². The molecular weight excluding hydrogens is 390 g/mol. The average Bonchev–Trinajstić information content (AvgIpc) is 2.79. The van der Waals surface area contributed by atoms with Crippen LogP contribution < -0.4 is 0 Å². The van der Waals surface area contributed by atoms with Crippen molar-refractivity contribution in [3.8, 4) is 0 Å². The summed E-state index contributed by atoms with van der Waals surface area (Å²) in [5.41, 5.74) is 0. The summed E-state index contributed by atoms with van der Waals surface area (Å²) in [6.45, 7) is 5.59. The van der Waals surface area contributed by atoms with Crippen molar-refractivity contribution in [2.45, 2.75) is 180 Å². The maximum atomic E-state index is 11.9. The van der Waals surface area contributed by atoms with E-state index in [4.69, 9.17) is 0 Å². The Balaban J connectivity index is 1.80. The van der Waals surface area contributed by atoms with Crippen molar-refractivity contribution in [3.63, 3.8) is 0 Å². The Kier molecular flexibility index (Phi) is 20.5. The summed E-state index contributed by atoms with van der Waals surface area (Å²) in [7, 11) is 0. The van der Waals surface area contributed by atoms with E-state index in [1.807, 2.05) is 0 Å². The van der Waals surface area contributed by atoms with Crippen molar-refractivity contribution in [1.82, 2.24) is 4.90 Å². The predicted molar refractivity (Wildman–Crippen MR) is 142 cm³/mol. The van der Waals surface area contributed by atoms with Gasteiger partial charge in [-0.15, -0.1) is 0 Å². The minimum Gasteiger partial charge on any atom is -0.339 e. The zero-order valence-corrected chi connectivity index (χ0v) is 22.3. The molecule has 1 unspecified atom stereocenters. The van der Waals surface area contributed by atoms with Crippen molar-refractivity contribution >= 4 is 5.91 Å². The van der Waals surface area contributed by atoms with Gasteiger partial charge in [-0.2, -0.15) is 0 Å². The Morgan fingerprint density at radius 3 is 1.25 bits per heavy atom. The lowest BCUT2D eigenvalue weighted by Gasteiger charge is -2.41. The van der Waals surface area contributed by atoms with Crippen molar-refractivity contribution in [2.24, 2.45) is 0 Å². The summed E-state index contributed by atoms with van der Waals surface area (Å²) in [5.74, 6) is 0.414. The summed E-state index contributed by atoms with van der Waals surface area (Å²) in [6.07, 6.45) is 34.3. The van der Waals surface area contributed by atoms with E-state index < -0.39 is 0 Å². The van der Waals surface area contributed by atoms with Crippen LogP contribution >= 0.6 is 0 Å². The van der Waals surface area contributed by atoms with Gasteiger partial charge in [0.1, 0.15) is 0 Å². The number of carbonyl (C=O) groups is 1. The molecule has 0 spiro atoms. The van der Waals surface area contributed by atoms with E-state index in [1.54, 1.807) is 0 Å². The number of hydrogen-bond acceptors (Lipinski definition) is 1. The van der Waals surface area contributed by atoms with Crippen molar-refractivity contribution in [3.05, 3.63) is 0 Å². The third-order valence-corrected chi connectivity index (χ3v) is 7.56. The normalized spacial score (nSPS) is 16.0. The molecule has 0 aromatic rings. The number of hydrogen-bond donors (Lipinski definition) is 0. The second kappa shape index (κ2) is 22.3. The van der Waals surface area contributed by atoms with Gasteiger partial charge < -0.3 is 4.90 Å². The largest absolute Gasteiger partial charge is 0.339 e. The van der Waals surface area contributed by atoms with Crippen LogP contribution in [0.5, 0.6) is 0 Å². The molecule has 1 aliphatic rings. The quantitative estimate of drug-likeness (QED) is 0.100. The summed E-state index contributed by atoms with van der Waals surface area (Å²) in [5, 5.41) is 0. The molecule has 1 aliphatic heterocycles. The van der Waals surface area contributed by atoms with E-state index in [1.165, 1.54) is 154 Å².